The number of hydrogen-bond acceptors (Lipinski definition) is 4. The highest BCUT2D eigenvalue weighted by Gasteiger charge is 2.22. The van der Waals surface area contributed by atoms with Gasteiger partial charge in [-0.05, 0) is 25.6 Å². The largest absolute Gasteiger partial charge is 0.444 e. The maximum absolute atomic E-state index is 5.70. The van der Waals surface area contributed by atoms with Crippen LogP contribution in [-0.4, -0.2) is 24.3 Å². The highest BCUT2D eigenvalue weighted by Crippen LogP contribution is 2.39. The molecule has 1 aromatic rings. The first-order valence-electron chi connectivity index (χ1n) is 5.11. The van der Waals surface area contributed by atoms with E-state index in [0.717, 1.165) is 24.6 Å². The summed E-state index contributed by atoms with van der Waals surface area (Å²) in [6, 6.07) is 0. The minimum atomic E-state index is 0.512. The molecule has 1 atom stereocenters. The van der Waals surface area contributed by atoms with E-state index in [1.165, 1.54) is 18.6 Å². The van der Waals surface area contributed by atoms with Crippen molar-refractivity contribution in [2.75, 3.05) is 19.3 Å². The molecule has 0 radical (unpaired) electrons. The fourth-order valence-electron chi connectivity index (χ4n) is 1.61. The summed E-state index contributed by atoms with van der Waals surface area (Å²) >= 11 is 1.96. The molecule has 14 heavy (non-hydrogen) atoms. The van der Waals surface area contributed by atoms with Crippen LogP contribution in [0.4, 0.5) is 0 Å². The van der Waals surface area contributed by atoms with E-state index < -0.39 is 0 Å². The van der Waals surface area contributed by atoms with Gasteiger partial charge in [0.15, 0.2) is 0 Å². The molecule has 78 valence electrons. The zero-order valence-corrected chi connectivity index (χ0v) is 9.27. The molecule has 1 aliphatic heterocycles. The Morgan fingerprint density at radius 2 is 2.64 bits per heavy atom. The predicted octanol–water partition coefficient (Wildman–Crippen LogP) is 2.00. The molecule has 1 aromatic heterocycles. The molecule has 0 aromatic carbocycles. The van der Waals surface area contributed by atoms with E-state index in [4.69, 9.17) is 4.42 Å². The van der Waals surface area contributed by atoms with Gasteiger partial charge in [0, 0.05) is 13.0 Å². The molecule has 3 nitrogen and oxygen atoms in total. The molecule has 1 saturated heterocycles. The molecule has 2 rings (SSSR count). The molecule has 2 heterocycles. The van der Waals surface area contributed by atoms with Crippen molar-refractivity contribution in [3.05, 3.63) is 17.8 Å². The van der Waals surface area contributed by atoms with Crippen molar-refractivity contribution in [3.8, 4) is 0 Å². The highest BCUT2D eigenvalue weighted by atomic mass is 32.2. The van der Waals surface area contributed by atoms with Gasteiger partial charge in [-0.25, -0.2) is 4.98 Å². The summed E-state index contributed by atoms with van der Waals surface area (Å²) in [5.74, 6) is 3.18. The van der Waals surface area contributed by atoms with Gasteiger partial charge < -0.3 is 9.73 Å². The van der Waals surface area contributed by atoms with Crippen LogP contribution in [0.3, 0.4) is 0 Å². The standard InChI is InChI=1S/C10H16N2OS/c1-11-5-4-8-7-12-10(13-8)9-3-2-6-14-9/h7,9,11H,2-6H2,1H3. The minimum Gasteiger partial charge on any atom is -0.444 e. The summed E-state index contributed by atoms with van der Waals surface area (Å²) in [4.78, 5) is 4.34. The summed E-state index contributed by atoms with van der Waals surface area (Å²) in [6.07, 6.45) is 5.31. The second kappa shape index (κ2) is 4.84. The second-order valence-corrected chi connectivity index (χ2v) is 4.83. The molecule has 4 heteroatoms. The zero-order valence-electron chi connectivity index (χ0n) is 8.45. The maximum Gasteiger partial charge on any atom is 0.207 e. The van der Waals surface area contributed by atoms with Gasteiger partial charge in [0.05, 0.1) is 11.4 Å². The number of nitrogens with zero attached hydrogens (tertiary/aromatic N) is 1. The Labute approximate surface area is 88.7 Å². The lowest BCUT2D eigenvalue weighted by Crippen LogP contribution is -2.09. The van der Waals surface area contributed by atoms with E-state index >= 15 is 0 Å². The van der Waals surface area contributed by atoms with E-state index in [9.17, 15) is 0 Å². The molecule has 1 unspecified atom stereocenters. The summed E-state index contributed by atoms with van der Waals surface area (Å²) in [7, 11) is 1.95. The van der Waals surface area contributed by atoms with E-state index in [-0.39, 0.29) is 0 Å². The molecule has 1 fully saturated rings. The van der Waals surface area contributed by atoms with Crippen molar-refractivity contribution in [1.82, 2.24) is 10.3 Å². The second-order valence-electron chi connectivity index (χ2n) is 3.52. The van der Waals surface area contributed by atoms with Gasteiger partial charge in [-0.3, -0.25) is 0 Å². The van der Waals surface area contributed by atoms with Crippen LogP contribution in [0, 0.1) is 0 Å². The monoisotopic (exact) mass is 212 g/mol. The molecule has 0 amide bonds. The van der Waals surface area contributed by atoms with Crippen molar-refractivity contribution >= 4 is 11.8 Å². The Hall–Kier alpha value is -0.480. The first-order valence-corrected chi connectivity index (χ1v) is 6.16. The first-order chi connectivity index (χ1) is 6.90. The molecule has 1 N–H and O–H groups in total. The quantitative estimate of drug-likeness (QED) is 0.828. The van der Waals surface area contributed by atoms with Crippen LogP contribution in [0.2, 0.25) is 0 Å². The lowest BCUT2D eigenvalue weighted by atomic mass is 10.2. The Morgan fingerprint density at radius 1 is 1.71 bits per heavy atom. The van der Waals surface area contributed by atoms with Gasteiger partial charge in [-0.2, -0.15) is 0 Å². The SMILES string of the molecule is CNCCc1cnc(C2CCCS2)o1. The Bertz CT molecular complexity index is 281. The topological polar surface area (TPSA) is 38.1 Å². The number of oxazole rings is 1. The third-order valence-electron chi connectivity index (χ3n) is 2.40. The van der Waals surface area contributed by atoms with Gasteiger partial charge in [0.1, 0.15) is 5.76 Å². The number of hydrogen-bond donors (Lipinski definition) is 1. The maximum atomic E-state index is 5.70. The normalized spacial score (nSPS) is 21.6. The number of nitrogens with one attached hydrogen (secondary N) is 1. The number of likely N-dealkylation sites (N-methyl/N-ethyl adjacent to an activating group) is 1. The predicted molar refractivity (Wildman–Crippen MR) is 58.6 cm³/mol. The van der Waals surface area contributed by atoms with Crippen LogP contribution in [0.15, 0.2) is 10.6 Å². The van der Waals surface area contributed by atoms with E-state index in [1.54, 1.807) is 0 Å². The van der Waals surface area contributed by atoms with E-state index in [1.807, 2.05) is 25.0 Å². The van der Waals surface area contributed by atoms with Crippen molar-refractivity contribution in [2.24, 2.45) is 0 Å². The average molecular weight is 212 g/mol. The van der Waals surface area contributed by atoms with Gasteiger partial charge >= 0.3 is 0 Å². The van der Waals surface area contributed by atoms with Crippen LogP contribution < -0.4 is 5.32 Å². The van der Waals surface area contributed by atoms with Gasteiger partial charge in [0.25, 0.3) is 0 Å². The highest BCUT2D eigenvalue weighted by molar-refractivity contribution is 7.99. The fourth-order valence-corrected chi connectivity index (χ4v) is 2.81. The smallest absolute Gasteiger partial charge is 0.207 e. The Balaban J connectivity index is 1.94. The molecule has 0 spiro atoms. The first kappa shape index (κ1) is 10.1. The Kier molecular flexibility index (Phi) is 3.48. The summed E-state index contributed by atoms with van der Waals surface area (Å²) in [5.41, 5.74) is 0. The summed E-state index contributed by atoms with van der Waals surface area (Å²) in [5, 5.41) is 3.61. The zero-order chi connectivity index (χ0) is 9.80. The van der Waals surface area contributed by atoms with Gasteiger partial charge in [-0.15, -0.1) is 11.8 Å². The van der Waals surface area contributed by atoms with Crippen molar-refractivity contribution < 1.29 is 4.42 Å². The lowest BCUT2D eigenvalue weighted by molar-refractivity contribution is 0.446. The summed E-state index contributed by atoms with van der Waals surface area (Å²) < 4.78 is 5.70. The van der Waals surface area contributed by atoms with E-state index in [0.29, 0.717) is 5.25 Å². The average Bonchev–Trinajstić information content (AvgIpc) is 2.85. The van der Waals surface area contributed by atoms with Crippen LogP contribution in [0.25, 0.3) is 0 Å². The fraction of sp³-hybridized carbons (Fsp3) is 0.700. The van der Waals surface area contributed by atoms with Crippen molar-refractivity contribution in [3.63, 3.8) is 0 Å². The van der Waals surface area contributed by atoms with Gasteiger partial charge in [-0.1, -0.05) is 0 Å². The van der Waals surface area contributed by atoms with Crippen LogP contribution in [-0.2, 0) is 6.42 Å². The molecular formula is C10H16N2OS. The lowest BCUT2D eigenvalue weighted by Gasteiger charge is -2.01. The third kappa shape index (κ3) is 2.30. The summed E-state index contributed by atoms with van der Waals surface area (Å²) in [6.45, 7) is 0.951. The van der Waals surface area contributed by atoms with Crippen molar-refractivity contribution in [1.29, 1.82) is 0 Å². The Morgan fingerprint density at radius 3 is 3.36 bits per heavy atom. The van der Waals surface area contributed by atoms with E-state index in [2.05, 4.69) is 10.3 Å². The van der Waals surface area contributed by atoms with Crippen LogP contribution >= 0.6 is 11.8 Å². The molecule has 1 aliphatic rings. The van der Waals surface area contributed by atoms with Crippen molar-refractivity contribution in [2.45, 2.75) is 24.5 Å². The number of rotatable bonds is 4. The van der Waals surface area contributed by atoms with Crippen LogP contribution in [0.5, 0.6) is 0 Å². The minimum absolute atomic E-state index is 0.512. The molecule has 0 aliphatic carbocycles. The van der Waals surface area contributed by atoms with Gasteiger partial charge in [0.2, 0.25) is 5.89 Å². The van der Waals surface area contributed by atoms with Crippen LogP contribution in [0.1, 0.15) is 29.7 Å². The number of thioether (sulfide) groups is 1. The molecule has 0 saturated carbocycles. The molecular weight excluding hydrogens is 196 g/mol. The molecule has 0 bridgehead atoms. The third-order valence-corrected chi connectivity index (χ3v) is 3.76. The number of aromatic nitrogens is 1.